The van der Waals surface area contributed by atoms with Crippen LogP contribution in [0.15, 0.2) is 0 Å². The standard InChI is InChI=1S/C14H23N3O4S2/c1-10(21-8-15)7-14(3,4)17-13(19)20-6-5-16-12(18)11(2)23-9-22/h9-11H,5-7H2,1-4H3,(H,16,18)(H,17,19). The van der Waals surface area contributed by atoms with Crippen molar-refractivity contribution in [3.8, 4) is 6.26 Å². The molecule has 0 aromatic carbocycles. The molecule has 0 bridgehead atoms. The first-order chi connectivity index (χ1) is 10.7. The van der Waals surface area contributed by atoms with E-state index in [1.807, 2.05) is 0 Å². The number of amides is 2. The smallest absolute Gasteiger partial charge is 0.407 e. The van der Waals surface area contributed by atoms with Crippen molar-refractivity contribution < 1.29 is 19.1 Å². The van der Waals surface area contributed by atoms with Crippen LogP contribution in [0.1, 0.15) is 34.1 Å². The highest BCUT2D eigenvalue weighted by Crippen LogP contribution is 2.13. The van der Waals surface area contributed by atoms with Gasteiger partial charge in [-0.25, -0.2) is 4.79 Å². The molecular weight excluding hydrogens is 338 g/mol. The number of carbonyl (C=O) groups is 2. The van der Waals surface area contributed by atoms with Gasteiger partial charge in [-0.3, -0.25) is 4.79 Å². The van der Waals surface area contributed by atoms with Gasteiger partial charge in [-0.1, -0.05) is 12.2 Å². The van der Waals surface area contributed by atoms with Crippen molar-refractivity contribution in [2.24, 2.45) is 0 Å². The summed E-state index contributed by atoms with van der Waals surface area (Å²) in [6, 6.07) is 0. The van der Waals surface area contributed by atoms with Crippen LogP contribution in [0, 0.1) is 11.5 Å². The quantitative estimate of drug-likeness (QED) is 0.348. The molecule has 0 rings (SSSR count). The molecule has 0 heterocycles. The Bertz CT molecular complexity index is 452. The lowest BCUT2D eigenvalue weighted by Gasteiger charge is -2.27. The zero-order chi connectivity index (χ0) is 17.9. The van der Waals surface area contributed by atoms with Crippen molar-refractivity contribution in [2.45, 2.75) is 51.0 Å². The molecule has 0 aliphatic heterocycles. The highest BCUT2D eigenvalue weighted by atomic mass is 32.2. The van der Waals surface area contributed by atoms with E-state index in [4.69, 9.17) is 14.7 Å². The molecule has 0 saturated heterocycles. The maximum atomic E-state index is 11.7. The molecule has 0 spiro atoms. The summed E-state index contributed by atoms with van der Waals surface area (Å²) in [5.74, 6) is -0.164. The van der Waals surface area contributed by atoms with E-state index in [1.165, 1.54) is 16.5 Å². The van der Waals surface area contributed by atoms with Crippen LogP contribution in [-0.2, 0) is 14.3 Å². The van der Waals surface area contributed by atoms with E-state index in [0.717, 1.165) is 0 Å². The molecular formula is C14H23N3O4S2. The molecule has 0 aliphatic carbocycles. The molecule has 2 N–H and O–H groups in total. The largest absolute Gasteiger partial charge is 0.448 e. The van der Waals surface area contributed by atoms with E-state index in [2.05, 4.69) is 22.9 Å². The SMILES string of the molecule is CC(CC(C)(C)NC(=O)OCCNC(=O)C(C)SC=S)OC#N. The Morgan fingerprint density at radius 3 is 2.65 bits per heavy atom. The third kappa shape index (κ3) is 10.8. The molecule has 0 aromatic rings. The molecule has 0 radical (unpaired) electrons. The first-order valence-corrected chi connectivity index (χ1v) is 8.49. The van der Waals surface area contributed by atoms with Crippen LogP contribution in [-0.4, -0.2) is 46.7 Å². The lowest BCUT2D eigenvalue weighted by atomic mass is 9.98. The summed E-state index contributed by atoms with van der Waals surface area (Å²) in [5, 5.41) is 13.5. The maximum absolute atomic E-state index is 11.7. The second kappa shape index (κ2) is 11.1. The van der Waals surface area contributed by atoms with Crippen molar-refractivity contribution in [1.29, 1.82) is 5.26 Å². The van der Waals surface area contributed by atoms with Gasteiger partial charge >= 0.3 is 6.09 Å². The van der Waals surface area contributed by atoms with Crippen molar-refractivity contribution in [1.82, 2.24) is 10.6 Å². The van der Waals surface area contributed by atoms with E-state index in [1.54, 1.807) is 34.0 Å². The minimum Gasteiger partial charge on any atom is -0.448 e. The fourth-order valence-electron chi connectivity index (χ4n) is 1.82. The average Bonchev–Trinajstić information content (AvgIpc) is 2.42. The van der Waals surface area contributed by atoms with E-state index in [-0.39, 0.29) is 30.4 Å². The van der Waals surface area contributed by atoms with Crippen LogP contribution in [0.3, 0.4) is 0 Å². The number of carbonyl (C=O) groups excluding carboxylic acids is 2. The monoisotopic (exact) mass is 361 g/mol. The number of alkyl carbamates (subject to hydrolysis) is 1. The van der Waals surface area contributed by atoms with E-state index < -0.39 is 11.6 Å². The summed E-state index contributed by atoms with van der Waals surface area (Å²) in [5.41, 5.74) is -0.582. The summed E-state index contributed by atoms with van der Waals surface area (Å²) in [6.07, 6.45) is 1.18. The zero-order valence-corrected chi connectivity index (χ0v) is 15.4. The summed E-state index contributed by atoms with van der Waals surface area (Å²) in [6.45, 7) is 7.38. The number of nitriles is 1. The Morgan fingerprint density at radius 1 is 1.43 bits per heavy atom. The van der Waals surface area contributed by atoms with Crippen molar-refractivity contribution in [2.75, 3.05) is 13.2 Å². The van der Waals surface area contributed by atoms with Gasteiger partial charge in [0.2, 0.25) is 5.91 Å². The predicted molar refractivity (Wildman–Crippen MR) is 93.1 cm³/mol. The number of nitrogens with one attached hydrogen (secondary N) is 2. The van der Waals surface area contributed by atoms with Crippen LogP contribution < -0.4 is 10.6 Å². The second-order valence-electron chi connectivity index (χ2n) is 5.53. The molecule has 0 aromatic heterocycles. The summed E-state index contributed by atoms with van der Waals surface area (Å²) < 4.78 is 11.2. The highest BCUT2D eigenvalue weighted by Gasteiger charge is 2.24. The van der Waals surface area contributed by atoms with Crippen LogP contribution in [0.4, 0.5) is 4.79 Å². The molecule has 23 heavy (non-hydrogen) atoms. The number of hydrogen-bond acceptors (Lipinski definition) is 7. The van der Waals surface area contributed by atoms with Gasteiger partial charge in [0.15, 0.2) is 0 Å². The van der Waals surface area contributed by atoms with Gasteiger partial charge in [-0.15, -0.1) is 11.8 Å². The van der Waals surface area contributed by atoms with Crippen LogP contribution in [0.2, 0.25) is 0 Å². The minimum absolute atomic E-state index is 0.0624. The lowest BCUT2D eigenvalue weighted by Crippen LogP contribution is -2.46. The molecule has 0 aliphatic rings. The molecule has 0 fully saturated rings. The van der Waals surface area contributed by atoms with Crippen LogP contribution in [0.5, 0.6) is 0 Å². The molecule has 2 atom stereocenters. The normalized spacial score (nSPS) is 13.2. The second-order valence-corrected chi connectivity index (χ2v) is 7.28. The van der Waals surface area contributed by atoms with Gasteiger partial charge in [0.25, 0.3) is 6.26 Å². The van der Waals surface area contributed by atoms with Crippen LogP contribution in [0.25, 0.3) is 0 Å². The zero-order valence-electron chi connectivity index (χ0n) is 13.8. The average molecular weight is 361 g/mol. The number of nitrogens with zero attached hydrogens (tertiary/aromatic N) is 1. The van der Waals surface area contributed by atoms with Gasteiger partial charge in [-0.2, -0.15) is 5.26 Å². The van der Waals surface area contributed by atoms with Crippen molar-refractivity contribution in [3.63, 3.8) is 0 Å². The molecule has 2 unspecified atom stereocenters. The number of thioether (sulfide) groups is 1. The fraction of sp³-hybridized carbons (Fsp3) is 0.714. The van der Waals surface area contributed by atoms with Gasteiger partial charge in [0, 0.05) is 16.7 Å². The lowest BCUT2D eigenvalue weighted by molar-refractivity contribution is -0.120. The third-order valence-electron chi connectivity index (χ3n) is 2.76. The van der Waals surface area contributed by atoms with Gasteiger partial charge in [0.1, 0.15) is 12.7 Å². The minimum atomic E-state index is -0.588. The molecule has 130 valence electrons. The maximum Gasteiger partial charge on any atom is 0.407 e. The number of ether oxygens (including phenoxy) is 2. The fourth-order valence-corrected chi connectivity index (χ4v) is 2.69. The van der Waals surface area contributed by atoms with Crippen molar-refractivity contribution in [3.05, 3.63) is 0 Å². The Labute approximate surface area is 146 Å². The molecule has 9 heteroatoms. The van der Waals surface area contributed by atoms with E-state index in [0.29, 0.717) is 6.42 Å². The molecule has 2 amide bonds. The Balaban J connectivity index is 4.00. The van der Waals surface area contributed by atoms with E-state index >= 15 is 0 Å². The summed E-state index contributed by atoms with van der Waals surface area (Å²) in [7, 11) is 0. The molecule has 0 saturated carbocycles. The number of hydrogen-bond donors (Lipinski definition) is 2. The Morgan fingerprint density at radius 2 is 2.09 bits per heavy atom. The topological polar surface area (TPSA) is 100 Å². The first kappa shape index (κ1) is 21.5. The Kier molecular flexibility index (Phi) is 10.3. The summed E-state index contributed by atoms with van der Waals surface area (Å²) in [4.78, 5) is 23.3. The summed E-state index contributed by atoms with van der Waals surface area (Å²) >= 11 is 5.91. The van der Waals surface area contributed by atoms with E-state index in [9.17, 15) is 9.59 Å². The highest BCUT2D eigenvalue weighted by molar-refractivity contribution is 8.21. The first-order valence-electron chi connectivity index (χ1n) is 7.08. The van der Waals surface area contributed by atoms with Crippen molar-refractivity contribution >= 4 is 40.7 Å². The molecule has 7 nitrogen and oxygen atoms in total. The number of thiocarbonyl (C=S) groups is 1. The number of rotatable bonds is 10. The Hall–Kier alpha value is -1.53. The van der Waals surface area contributed by atoms with Gasteiger partial charge in [-0.05, 0) is 27.7 Å². The van der Waals surface area contributed by atoms with Gasteiger partial charge in [0.05, 0.1) is 11.8 Å². The third-order valence-corrected chi connectivity index (χ3v) is 3.82. The van der Waals surface area contributed by atoms with Crippen LogP contribution >= 0.6 is 24.0 Å². The predicted octanol–water partition coefficient (Wildman–Crippen LogP) is 1.96. The van der Waals surface area contributed by atoms with Gasteiger partial charge < -0.3 is 20.1 Å².